The van der Waals surface area contributed by atoms with Crippen molar-refractivity contribution in [1.29, 1.82) is 0 Å². The third-order valence-electron chi connectivity index (χ3n) is 2.97. The lowest BCUT2D eigenvalue weighted by Gasteiger charge is -2.16. The number of fused-ring (bicyclic) bond motifs is 1. The quantitative estimate of drug-likeness (QED) is 0.792. The number of ether oxygens (including phenoxy) is 1. The number of pyridine rings is 1. The largest absolute Gasteiger partial charge is 0.481 e. The minimum atomic E-state index is -0.861. The van der Waals surface area contributed by atoms with Crippen molar-refractivity contribution in [1.82, 2.24) is 14.5 Å². The number of imidazole rings is 1. The van der Waals surface area contributed by atoms with Crippen LogP contribution in [-0.2, 0) is 9.53 Å². The van der Waals surface area contributed by atoms with E-state index >= 15 is 0 Å². The lowest BCUT2D eigenvalue weighted by atomic mass is 10.3. The van der Waals surface area contributed by atoms with Gasteiger partial charge in [0.15, 0.2) is 10.8 Å². The Hall–Kier alpha value is -1.60. The molecule has 2 aromatic rings. The van der Waals surface area contributed by atoms with Crippen molar-refractivity contribution in [2.75, 3.05) is 19.0 Å². The van der Waals surface area contributed by atoms with Crippen molar-refractivity contribution in [3.63, 3.8) is 0 Å². The molecule has 0 spiro atoms. The van der Waals surface area contributed by atoms with Crippen LogP contribution in [0.3, 0.4) is 0 Å². The number of thioether (sulfide) groups is 1. The van der Waals surface area contributed by atoms with E-state index < -0.39 is 5.97 Å². The first-order valence-corrected chi connectivity index (χ1v) is 7.79. The van der Waals surface area contributed by atoms with Gasteiger partial charge >= 0.3 is 5.97 Å². The second-order valence-electron chi connectivity index (χ2n) is 4.75. The summed E-state index contributed by atoms with van der Waals surface area (Å²) in [5, 5.41) is 9.53. The summed E-state index contributed by atoms with van der Waals surface area (Å²) < 4.78 is 7.44. The van der Waals surface area contributed by atoms with E-state index in [4.69, 9.17) is 9.84 Å². The molecule has 114 valence electrons. The molecule has 0 aliphatic rings. The molecule has 0 aliphatic heterocycles. The van der Waals surface area contributed by atoms with Crippen molar-refractivity contribution < 1.29 is 14.6 Å². The Morgan fingerprint density at radius 3 is 2.90 bits per heavy atom. The maximum Gasteiger partial charge on any atom is 0.313 e. The number of hydrogen-bond acceptors (Lipinski definition) is 5. The zero-order valence-electron chi connectivity index (χ0n) is 12.4. The molecule has 7 heteroatoms. The molecule has 1 N–H and O–H groups in total. The Labute approximate surface area is 127 Å². The molecule has 0 saturated carbocycles. The molecule has 0 saturated heterocycles. The van der Waals surface area contributed by atoms with Crippen LogP contribution in [0.5, 0.6) is 0 Å². The minimum absolute atomic E-state index is 0.0241. The summed E-state index contributed by atoms with van der Waals surface area (Å²) in [7, 11) is 0. The third-order valence-corrected chi connectivity index (χ3v) is 3.91. The predicted octanol–water partition coefficient (Wildman–Crippen LogP) is 2.51. The van der Waals surface area contributed by atoms with Crippen LogP contribution in [0, 0.1) is 6.92 Å². The lowest BCUT2D eigenvalue weighted by molar-refractivity contribution is -0.133. The summed E-state index contributed by atoms with van der Waals surface area (Å²) in [6, 6.07) is 3.85. The van der Waals surface area contributed by atoms with E-state index in [9.17, 15) is 4.79 Å². The fraction of sp³-hybridized carbons (Fsp3) is 0.500. The molecule has 21 heavy (non-hydrogen) atoms. The van der Waals surface area contributed by atoms with Gasteiger partial charge in [0.25, 0.3) is 0 Å². The summed E-state index contributed by atoms with van der Waals surface area (Å²) >= 11 is 1.21. The van der Waals surface area contributed by atoms with Gasteiger partial charge in [-0.3, -0.25) is 9.36 Å². The molecule has 6 nitrogen and oxygen atoms in total. The molecule has 2 rings (SSSR count). The van der Waals surface area contributed by atoms with Gasteiger partial charge in [0.2, 0.25) is 0 Å². The summed E-state index contributed by atoms with van der Waals surface area (Å²) in [5.41, 5.74) is 2.45. The molecule has 1 unspecified atom stereocenters. The fourth-order valence-electron chi connectivity index (χ4n) is 2.04. The van der Waals surface area contributed by atoms with Gasteiger partial charge in [-0.2, -0.15) is 0 Å². The third kappa shape index (κ3) is 3.74. The summed E-state index contributed by atoms with van der Waals surface area (Å²) in [4.78, 5) is 19.8. The number of nitrogens with zero attached hydrogens (tertiary/aromatic N) is 3. The second-order valence-corrected chi connectivity index (χ2v) is 5.69. The minimum Gasteiger partial charge on any atom is -0.481 e. The smallest absolute Gasteiger partial charge is 0.313 e. The first-order valence-electron chi connectivity index (χ1n) is 6.80. The van der Waals surface area contributed by atoms with Gasteiger partial charge in [0.05, 0.1) is 18.4 Å². The van der Waals surface area contributed by atoms with Gasteiger partial charge in [-0.1, -0.05) is 11.8 Å². The Morgan fingerprint density at radius 2 is 2.24 bits per heavy atom. The number of carboxylic acids is 1. The number of aliphatic carboxylic acids is 1. The zero-order valence-corrected chi connectivity index (χ0v) is 13.2. The molecule has 0 radical (unpaired) electrons. The van der Waals surface area contributed by atoms with E-state index in [0.29, 0.717) is 18.4 Å². The number of aromatic nitrogens is 3. The Kier molecular flexibility index (Phi) is 5.19. The van der Waals surface area contributed by atoms with Crippen molar-refractivity contribution in [2.24, 2.45) is 0 Å². The van der Waals surface area contributed by atoms with Gasteiger partial charge in [-0.25, -0.2) is 9.97 Å². The molecule has 0 bridgehead atoms. The van der Waals surface area contributed by atoms with Gasteiger partial charge in [-0.05, 0) is 32.9 Å². The molecule has 2 aromatic heterocycles. The molecular weight excluding hydrogens is 290 g/mol. The van der Waals surface area contributed by atoms with E-state index in [-0.39, 0.29) is 11.8 Å². The number of hydrogen-bond donors (Lipinski definition) is 1. The van der Waals surface area contributed by atoms with E-state index in [2.05, 4.69) is 9.97 Å². The van der Waals surface area contributed by atoms with E-state index in [1.807, 2.05) is 37.5 Å². The van der Waals surface area contributed by atoms with Crippen LogP contribution < -0.4 is 0 Å². The van der Waals surface area contributed by atoms with Gasteiger partial charge in [-0.15, -0.1) is 0 Å². The highest BCUT2D eigenvalue weighted by molar-refractivity contribution is 7.99. The summed E-state index contributed by atoms with van der Waals surface area (Å²) in [5.74, 6) is -0.885. The van der Waals surface area contributed by atoms with E-state index in [1.165, 1.54) is 11.8 Å². The topological polar surface area (TPSA) is 77.2 Å². The monoisotopic (exact) mass is 309 g/mol. The summed E-state index contributed by atoms with van der Waals surface area (Å²) in [6.07, 6.45) is 0. The highest BCUT2D eigenvalue weighted by Crippen LogP contribution is 2.27. The van der Waals surface area contributed by atoms with Crippen molar-refractivity contribution >= 4 is 28.9 Å². The van der Waals surface area contributed by atoms with Crippen LogP contribution in [0.15, 0.2) is 17.3 Å². The molecule has 0 aromatic carbocycles. The molecule has 2 heterocycles. The Morgan fingerprint density at radius 1 is 1.48 bits per heavy atom. The SMILES string of the molecule is CCOCC(C)n1c(SCC(=O)O)nc2ccc(C)nc21. The normalized spacial score (nSPS) is 12.7. The standard InChI is InChI=1S/C14H19N3O3S/c1-4-20-7-10(3)17-13-11(6-5-9(2)15-13)16-14(17)21-8-12(18)19/h5-6,10H,4,7-8H2,1-3H3,(H,18,19). The average Bonchev–Trinajstić information content (AvgIpc) is 2.80. The first kappa shape index (κ1) is 15.8. The number of aryl methyl sites for hydroxylation is 1. The average molecular weight is 309 g/mol. The first-order chi connectivity index (χ1) is 10.0. The summed E-state index contributed by atoms with van der Waals surface area (Å²) in [6.45, 7) is 7.07. The fourth-order valence-corrected chi connectivity index (χ4v) is 2.86. The van der Waals surface area contributed by atoms with Gasteiger partial charge in [0, 0.05) is 12.3 Å². The van der Waals surface area contributed by atoms with Crippen LogP contribution in [0.1, 0.15) is 25.6 Å². The number of carbonyl (C=O) groups is 1. The predicted molar refractivity (Wildman–Crippen MR) is 81.8 cm³/mol. The second kappa shape index (κ2) is 6.91. The van der Waals surface area contributed by atoms with E-state index in [0.717, 1.165) is 16.9 Å². The number of carboxylic acid groups (broad SMARTS) is 1. The zero-order chi connectivity index (χ0) is 15.4. The van der Waals surface area contributed by atoms with Crippen LogP contribution in [0.2, 0.25) is 0 Å². The molecule has 0 amide bonds. The van der Waals surface area contributed by atoms with Crippen molar-refractivity contribution in [2.45, 2.75) is 32.0 Å². The molecule has 0 aliphatic carbocycles. The molecular formula is C14H19N3O3S. The highest BCUT2D eigenvalue weighted by Gasteiger charge is 2.18. The van der Waals surface area contributed by atoms with Crippen LogP contribution >= 0.6 is 11.8 Å². The van der Waals surface area contributed by atoms with Crippen LogP contribution in [0.25, 0.3) is 11.2 Å². The maximum absolute atomic E-state index is 10.8. The van der Waals surface area contributed by atoms with Gasteiger partial charge in [0.1, 0.15) is 5.52 Å². The van der Waals surface area contributed by atoms with Crippen LogP contribution in [0.4, 0.5) is 0 Å². The van der Waals surface area contributed by atoms with Crippen LogP contribution in [-0.4, -0.2) is 44.6 Å². The highest BCUT2D eigenvalue weighted by atomic mass is 32.2. The number of rotatable bonds is 7. The Bertz CT molecular complexity index is 642. The molecule has 0 fully saturated rings. The maximum atomic E-state index is 10.8. The lowest BCUT2D eigenvalue weighted by Crippen LogP contribution is -2.14. The van der Waals surface area contributed by atoms with Gasteiger partial charge < -0.3 is 9.84 Å². The molecule has 1 atom stereocenters. The van der Waals surface area contributed by atoms with E-state index in [1.54, 1.807) is 0 Å². The van der Waals surface area contributed by atoms with Crippen molar-refractivity contribution in [3.05, 3.63) is 17.8 Å². The Balaban J connectivity index is 2.42. The van der Waals surface area contributed by atoms with Crippen molar-refractivity contribution in [3.8, 4) is 0 Å².